The molecule has 1 atom stereocenters. The minimum atomic E-state index is -3.88. The van der Waals surface area contributed by atoms with Crippen LogP contribution in [0.15, 0.2) is 17.0 Å². The van der Waals surface area contributed by atoms with Gasteiger partial charge in [-0.05, 0) is 31.0 Å². The van der Waals surface area contributed by atoms with Gasteiger partial charge in [0.2, 0.25) is 10.0 Å². The predicted octanol–water partition coefficient (Wildman–Crippen LogP) is 2.05. The minimum Gasteiger partial charge on any atom is -0.478 e. The van der Waals surface area contributed by atoms with Gasteiger partial charge in [0.1, 0.15) is 0 Å². The fourth-order valence-electron chi connectivity index (χ4n) is 1.87. The second-order valence-electron chi connectivity index (χ2n) is 4.56. The number of nitrogens with one attached hydrogen (secondary N) is 1. The minimum absolute atomic E-state index is 0.0539. The molecule has 0 saturated heterocycles. The van der Waals surface area contributed by atoms with Crippen LogP contribution in [0.1, 0.15) is 29.3 Å². The fourth-order valence-corrected chi connectivity index (χ4v) is 3.75. The standard InChI is InChI=1S/C13H18ClNO5S/c1-4-10(7-20-3)15-21(18,19)12-6-9(14)5-11(8(12)2)13(16)17/h5-6,10,15H,4,7H2,1-3H3,(H,16,17). The number of rotatable bonds is 7. The lowest BCUT2D eigenvalue weighted by Gasteiger charge is -2.18. The third-order valence-electron chi connectivity index (χ3n) is 3.03. The molecule has 0 saturated carbocycles. The molecule has 0 spiro atoms. The maximum absolute atomic E-state index is 12.4. The highest BCUT2D eigenvalue weighted by Gasteiger charge is 2.24. The molecule has 0 aromatic heterocycles. The van der Waals surface area contributed by atoms with Crippen LogP contribution in [0.2, 0.25) is 5.02 Å². The van der Waals surface area contributed by atoms with E-state index in [0.717, 1.165) is 0 Å². The average molecular weight is 336 g/mol. The topological polar surface area (TPSA) is 92.7 Å². The fraction of sp³-hybridized carbons (Fsp3) is 0.462. The predicted molar refractivity (Wildman–Crippen MR) is 79.4 cm³/mol. The molecule has 0 aliphatic carbocycles. The van der Waals surface area contributed by atoms with Crippen LogP contribution in [-0.4, -0.2) is 39.3 Å². The van der Waals surface area contributed by atoms with E-state index >= 15 is 0 Å². The molecule has 0 aliphatic rings. The van der Waals surface area contributed by atoms with Crippen molar-refractivity contribution in [1.29, 1.82) is 0 Å². The number of sulfonamides is 1. The Bertz CT molecular complexity index is 630. The summed E-state index contributed by atoms with van der Waals surface area (Å²) >= 11 is 5.82. The first-order valence-electron chi connectivity index (χ1n) is 6.27. The van der Waals surface area contributed by atoms with Gasteiger partial charge in [0, 0.05) is 18.2 Å². The van der Waals surface area contributed by atoms with Crippen molar-refractivity contribution in [2.75, 3.05) is 13.7 Å². The third kappa shape index (κ3) is 4.41. The van der Waals surface area contributed by atoms with E-state index in [-0.39, 0.29) is 27.7 Å². The van der Waals surface area contributed by atoms with Crippen molar-refractivity contribution in [2.45, 2.75) is 31.2 Å². The molecule has 8 heteroatoms. The monoisotopic (exact) mass is 335 g/mol. The van der Waals surface area contributed by atoms with Gasteiger partial charge in [-0.25, -0.2) is 17.9 Å². The summed E-state index contributed by atoms with van der Waals surface area (Å²) in [4.78, 5) is 11.0. The molecule has 0 fully saturated rings. The zero-order valence-electron chi connectivity index (χ0n) is 12.0. The van der Waals surface area contributed by atoms with Crippen LogP contribution < -0.4 is 4.72 Å². The molecule has 1 aromatic carbocycles. The third-order valence-corrected chi connectivity index (χ3v) is 4.89. The zero-order valence-corrected chi connectivity index (χ0v) is 13.6. The zero-order chi connectivity index (χ0) is 16.2. The first-order chi connectivity index (χ1) is 9.72. The van der Waals surface area contributed by atoms with Crippen LogP contribution in [0, 0.1) is 6.92 Å². The molecule has 0 aliphatic heterocycles. The molecule has 0 heterocycles. The molecule has 0 bridgehead atoms. The number of carboxylic acids is 1. The lowest BCUT2D eigenvalue weighted by atomic mass is 10.1. The van der Waals surface area contributed by atoms with Gasteiger partial charge in [0.15, 0.2) is 0 Å². The molecule has 118 valence electrons. The summed E-state index contributed by atoms with van der Waals surface area (Å²) in [7, 11) is -2.40. The summed E-state index contributed by atoms with van der Waals surface area (Å²) in [6, 6.07) is 2.07. The lowest BCUT2D eigenvalue weighted by molar-refractivity contribution is 0.0696. The van der Waals surface area contributed by atoms with Crippen molar-refractivity contribution >= 4 is 27.6 Å². The average Bonchev–Trinajstić information content (AvgIpc) is 2.39. The van der Waals surface area contributed by atoms with Gasteiger partial charge in [0.25, 0.3) is 0 Å². The Morgan fingerprint density at radius 3 is 2.57 bits per heavy atom. The van der Waals surface area contributed by atoms with Crippen LogP contribution in [0.4, 0.5) is 0 Å². The number of methoxy groups -OCH3 is 1. The molecule has 1 unspecified atom stereocenters. The van der Waals surface area contributed by atoms with Crippen LogP contribution in [0.5, 0.6) is 0 Å². The van der Waals surface area contributed by atoms with Gasteiger partial charge in [-0.3, -0.25) is 0 Å². The Kier molecular flexibility index (Phi) is 6.15. The Morgan fingerprint density at radius 2 is 2.10 bits per heavy atom. The summed E-state index contributed by atoms with van der Waals surface area (Å²) in [5, 5.41) is 9.15. The van der Waals surface area contributed by atoms with E-state index in [0.29, 0.717) is 6.42 Å². The molecule has 2 N–H and O–H groups in total. The smallest absolute Gasteiger partial charge is 0.336 e. The van der Waals surface area contributed by atoms with Gasteiger partial charge in [0.05, 0.1) is 17.1 Å². The molecule has 1 aromatic rings. The van der Waals surface area contributed by atoms with Gasteiger partial charge in [-0.15, -0.1) is 0 Å². The molecule has 0 amide bonds. The number of carbonyl (C=O) groups is 1. The van der Waals surface area contributed by atoms with Crippen LogP contribution in [0.3, 0.4) is 0 Å². The second-order valence-corrected chi connectivity index (χ2v) is 6.68. The number of halogens is 1. The second kappa shape index (κ2) is 7.22. The van der Waals surface area contributed by atoms with E-state index < -0.39 is 22.0 Å². The van der Waals surface area contributed by atoms with E-state index in [9.17, 15) is 13.2 Å². The maximum Gasteiger partial charge on any atom is 0.336 e. The Morgan fingerprint density at radius 1 is 1.48 bits per heavy atom. The highest BCUT2D eigenvalue weighted by Crippen LogP contribution is 2.24. The van der Waals surface area contributed by atoms with Gasteiger partial charge in [-0.2, -0.15) is 0 Å². The van der Waals surface area contributed by atoms with E-state index in [1.165, 1.54) is 26.2 Å². The number of aromatic carboxylic acids is 1. The summed E-state index contributed by atoms with van der Waals surface area (Å²) in [5.74, 6) is -1.23. The summed E-state index contributed by atoms with van der Waals surface area (Å²) in [6.45, 7) is 3.48. The molecular weight excluding hydrogens is 318 g/mol. The number of hydrogen-bond acceptors (Lipinski definition) is 4. The first kappa shape index (κ1) is 17.9. The van der Waals surface area contributed by atoms with E-state index in [2.05, 4.69) is 4.72 Å². The Labute approximate surface area is 129 Å². The molecule has 1 rings (SSSR count). The summed E-state index contributed by atoms with van der Waals surface area (Å²) in [6.07, 6.45) is 0.540. The number of benzene rings is 1. The number of carboxylic acid groups (broad SMARTS) is 1. The van der Waals surface area contributed by atoms with E-state index in [4.69, 9.17) is 21.4 Å². The van der Waals surface area contributed by atoms with Crippen molar-refractivity contribution in [3.05, 3.63) is 28.3 Å². The van der Waals surface area contributed by atoms with Crippen molar-refractivity contribution in [3.8, 4) is 0 Å². The molecule has 0 radical (unpaired) electrons. The Balaban J connectivity index is 3.28. The number of ether oxygens (including phenoxy) is 1. The van der Waals surface area contributed by atoms with Gasteiger partial charge >= 0.3 is 5.97 Å². The molecular formula is C13H18ClNO5S. The van der Waals surface area contributed by atoms with Crippen molar-refractivity contribution in [1.82, 2.24) is 4.72 Å². The van der Waals surface area contributed by atoms with Crippen molar-refractivity contribution in [2.24, 2.45) is 0 Å². The lowest BCUT2D eigenvalue weighted by Crippen LogP contribution is -2.37. The van der Waals surface area contributed by atoms with E-state index in [1.807, 2.05) is 6.92 Å². The highest BCUT2D eigenvalue weighted by atomic mass is 35.5. The van der Waals surface area contributed by atoms with E-state index in [1.54, 1.807) is 0 Å². The van der Waals surface area contributed by atoms with Crippen LogP contribution in [-0.2, 0) is 14.8 Å². The summed E-state index contributed by atoms with van der Waals surface area (Å²) in [5.41, 5.74) is 0.00864. The maximum atomic E-state index is 12.4. The quantitative estimate of drug-likeness (QED) is 0.795. The summed E-state index contributed by atoms with van der Waals surface area (Å²) < 4.78 is 32.2. The largest absolute Gasteiger partial charge is 0.478 e. The van der Waals surface area contributed by atoms with Crippen LogP contribution >= 0.6 is 11.6 Å². The molecule has 21 heavy (non-hydrogen) atoms. The van der Waals surface area contributed by atoms with Gasteiger partial charge in [-0.1, -0.05) is 18.5 Å². The normalized spacial score (nSPS) is 13.1. The van der Waals surface area contributed by atoms with Gasteiger partial charge < -0.3 is 9.84 Å². The number of hydrogen-bond donors (Lipinski definition) is 2. The molecule has 6 nitrogen and oxygen atoms in total. The Hall–Kier alpha value is -1.15. The highest BCUT2D eigenvalue weighted by molar-refractivity contribution is 7.89. The van der Waals surface area contributed by atoms with Crippen LogP contribution in [0.25, 0.3) is 0 Å². The first-order valence-corrected chi connectivity index (χ1v) is 8.13. The SMILES string of the molecule is CCC(COC)NS(=O)(=O)c1cc(Cl)cc(C(=O)O)c1C. The van der Waals surface area contributed by atoms with Crippen molar-refractivity contribution in [3.63, 3.8) is 0 Å². The van der Waals surface area contributed by atoms with Crippen molar-refractivity contribution < 1.29 is 23.1 Å².